The number of nitrogens with one attached hydrogen (secondary N) is 2. The van der Waals surface area contributed by atoms with Gasteiger partial charge in [-0.2, -0.15) is 0 Å². The molecule has 0 aliphatic heterocycles. The minimum Gasteiger partial charge on any atom is -0.495 e. The van der Waals surface area contributed by atoms with Crippen molar-refractivity contribution < 1.29 is 19.8 Å². The van der Waals surface area contributed by atoms with Crippen molar-refractivity contribution >= 4 is 28.5 Å². The predicted octanol–water partition coefficient (Wildman–Crippen LogP) is 2.82. The molecule has 4 N–H and O–H groups in total. The fraction of sp³-hybridized carbons (Fsp3) is 0. The molecule has 2 aromatic carbocycles. The number of hydrogen-bond acceptors (Lipinski definition) is 3. The Morgan fingerprint density at radius 2 is 1.64 bits per heavy atom. The lowest BCUT2D eigenvalue weighted by atomic mass is 10.1. The van der Waals surface area contributed by atoms with Crippen LogP contribution >= 0.6 is 0 Å². The molecule has 22 heavy (non-hydrogen) atoms. The molecule has 0 unspecified atom stereocenters. The Bertz CT molecular complexity index is 865. The minimum absolute atomic E-state index is 0.0581. The van der Waals surface area contributed by atoms with E-state index in [1.54, 1.807) is 24.3 Å². The van der Waals surface area contributed by atoms with Crippen LogP contribution < -0.4 is 5.32 Å². The Balaban J connectivity index is 1.81. The summed E-state index contributed by atoms with van der Waals surface area (Å²) in [6.07, 6.45) is 0. The van der Waals surface area contributed by atoms with Crippen molar-refractivity contribution in [2.24, 2.45) is 0 Å². The third-order valence-electron chi connectivity index (χ3n) is 3.26. The number of aromatic hydroxyl groups is 1. The van der Waals surface area contributed by atoms with E-state index in [-0.39, 0.29) is 17.4 Å². The number of rotatable bonds is 3. The average Bonchev–Trinajstić information content (AvgIpc) is 2.86. The fourth-order valence-electron chi connectivity index (χ4n) is 2.16. The maximum Gasteiger partial charge on any atom is 0.335 e. The Hall–Kier alpha value is -3.28. The summed E-state index contributed by atoms with van der Waals surface area (Å²) in [4.78, 5) is 25.7. The number of carboxylic acids is 1. The number of H-pyrrole nitrogens is 1. The molecular weight excluding hydrogens is 284 g/mol. The van der Waals surface area contributed by atoms with Gasteiger partial charge in [-0.1, -0.05) is 0 Å². The van der Waals surface area contributed by atoms with Crippen molar-refractivity contribution in [2.45, 2.75) is 0 Å². The normalized spacial score (nSPS) is 10.5. The monoisotopic (exact) mass is 296 g/mol. The van der Waals surface area contributed by atoms with Crippen LogP contribution in [0.3, 0.4) is 0 Å². The third kappa shape index (κ3) is 2.62. The molecule has 6 nitrogen and oxygen atoms in total. The van der Waals surface area contributed by atoms with Gasteiger partial charge < -0.3 is 20.5 Å². The SMILES string of the molecule is O=C(O)c1ccc(C(=O)Nc2ccc3[nH]c(O)cc3c2)cc1. The van der Waals surface area contributed by atoms with Gasteiger partial charge in [0.1, 0.15) is 0 Å². The first-order chi connectivity index (χ1) is 10.5. The van der Waals surface area contributed by atoms with E-state index in [0.717, 1.165) is 10.9 Å². The van der Waals surface area contributed by atoms with E-state index >= 15 is 0 Å². The lowest BCUT2D eigenvalue weighted by molar-refractivity contribution is 0.0696. The quantitative estimate of drug-likeness (QED) is 0.596. The molecule has 0 saturated heterocycles. The minimum atomic E-state index is -1.04. The summed E-state index contributed by atoms with van der Waals surface area (Å²) in [7, 11) is 0. The second kappa shape index (κ2) is 5.25. The second-order valence-electron chi connectivity index (χ2n) is 4.79. The van der Waals surface area contributed by atoms with Crippen LogP contribution in [0.1, 0.15) is 20.7 Å². The zero-order valence-corrected chi connectivity index (χ0v) is 11.3. The summed E-state index contributed by atoms with van der Waals surface area (Å²) >= 11 is 0. The molecule has 0 bridgehead atoms. The predicted molar refractivity (Wildman–Crippen MR) is 81.3 cm³/mol. The number of aromatic nitrogens is 1. The summed E-state index contributed by atoms with van der Waals surface area (Å²) in [5, 5.41) is 21.7. The summed E-state index contributed by atoms with van der Waals surface area (Å²) < 4.78 is 0. The van der Waals surface area contributed by atoms with Crippen LogP contribution in [0.4, 0.5) is 5.69 Å². The standard InChI is InChI=1S/C16H12N2O4/c19-14-8-11-7-12(5-6-13(11)18-14)17-15(20)9-1-3-10(4-2-9)16(21)22/h1-8,18-19H,(H,17,20)(H,21,22). The van der Waals surface area contributed by atoms with Crippen LogP contribution in [0.2, 0.25) is 0 Å². The first kappa shape index (κ1) is 13.7. The van der Waals surface area contributed by atoms with Crippen LogP contribution in [0.25, 0.3) is 10.9 Å². The molecule has 1 heterocycles. The molecule has 0 radical (unpaired) electrons. The van der Waals surface area contributed by atoms with E-state index in [1.807, 2.05) is 0 Å². The highest BCUT2D eigenvalue weighted by Gasteiger charge is 2.09. The average molecular weight is 296 g/mol. The number of benzene rings is 2. The van der Waals surface area contributed by atoms with E-state index in [4.69, 9.17) is 5.11 Å². The lowest BCUT2D eigenvalue weighted by Crippen LogP contribution is -2.12. The molecule has 0 spiro atoms. The largest absolute Gasteiger partial charge is 0.495 e. The zero-order chi connectivity index (χ0) is 15.7. The first-order valence-corrected chi connectivity index (χ1v) is 6.49. The number of fused-ring (bicyclic) bond motifs is 1. The topological polar surface area (TPSA) is 102 Å². The van der Waals surface area contributed by atoms with E-state index in [9.17, 15) is 14.7 Å². The second-order valence-corrected chi connectivity index (χ2v) is 4.79. The number of anilines is 1. The number of aromatic amines is 1. The lowest BCUT2D eigenvalue weighted by Gasteiger charge is -2.05. The molecule has 3 aromatic rings. The summed E-state index contributed by atoms with van der Waals surface area (Å²) in [5.41, 5.74) is 1.84. The van der Waals surface area contributed by atoms with Crippen molar-refractivity contribution in [1.29, 1.82) is 0 Å². The molecular formula is C16H12N2O4. The Morgan fingerprint density at radius 3 is 2.32 bits per heavy atom. The Labute approximate surface area is 125 Å². The van der Waals surface area contributed by atoms with Gasteiger partial charge in [0.05, 0.1) is 5.56 Å². The van der Waals surface area contributed by atoms with E-state index in [2.05, 4.69) is 10.3 Å². The van der Waals surface area contributed by atoms with E-state index < -0.39 is 5.97 Å². The number of amides is 1. The van der Waals surface area contributed by atoms with E-state index in [0.29, 0.717) is 11.3 Å². The van der Waals surface area contributed by atoms with Crippen LogP contribution in [0.15, 0.2) is 48.5 Å². The van der Waals surface area contributed by atoms with Gasteiger partial charge in [-0.05, 0) is 42.5 Å². The van der Waals surface area contributed by atoms with Crippen molar-refractivity contribution in [3.05, 3.63) is 59.7 Å². The van der Waals surface area contributed by atoms with E-state index in [1.165, 1.54) is 24.3 Å². The smallest absolute Gasteiger partial charge is 0.335 e. The molecule has 0 aliphatic carbocycles. The molecule has 0 atom stereocenters. The van der Waals surface area contributed by atoms with Gasteiger partial charge in [0.25, 0.3) is 5.91 Å². The van der Waals surface area contributed by atoms with Gasteiger partial charge in [0.2, 0.25) is 0 Å². The Morgan fingerprint density at radius 1 is 0.955 bits per heavy atom. The van der Waals surface area contributed by atoms with Crippen LogP contribution in [-0.4, -0.2) is 27.1 Å². The number of carbonyl (C=O) groups excluding carboxylic acids is 1. The van der Waals surface area contributed by atoms with Crippen molar-refractivity contribution in [2.75, 3.05) is 5.32 Å². The van der Waals surface area contributed by atoms with Crippen molar-refractivity contribution in [3.8, 4) is 5.88 Å². The summed E-state index contributed by atoms with van der Waals surface area (Å²) in [5.74, 6) is -1.32. The van der Waals surface area contributed by atoms with Gasteiger partial charge in [-0.15, -0.1) is 0 Å². The number of aromatic carboxylic acids is 1. The maximum absolute atomic E-state index is 12.1. The number of hydrogen-bond donors (Lipinski definition) is 4. The number of carbonyl (C=O) groups is 2. The van der Waals surface area contributed by atoms with Gasteiger partial charge in [-0.3, -0.25) is 4.79 Å². The van der Waals surface area contributed by atoms with Crippen LogP contribution in [0, 0.1) is 0 Å². The third-order valence-corrected chi connectivity index (χ3v) is 3.26. The first-order valence-electron chi connectivity index (χ1n) is 6.49. The molecule has 1 amide bonds. The summed E-state index contributed by atoms with van der Waals surface area (Å²) in [6, 6.07) is 12.4. The maximum atomic E-state index is 12.1. The van der Waals surface area contributed by atoms with Gasteiger partial charge in [-0.25, -0.2) is 4.79 Å². The molecule has 1 aromatic heterocycles. The van der Waals surface area contributed by atoms with Crippen molar-refractivity contribution in [3.63, 3.8) is 0 Å². The highest BCUT2D eigenvalue weighted by molar-refractivity contribution is 6.05. The zero-order valence-electron chi connectivity index (χ0n) is 11.3. The number of carboxylic acid groups (broad SMARTS) is 1. The molecule has 0 saturated carbocycles. The highest BCUT2D eigenvalue weighted by Crippen LogP contribution is 2.23. The molecule has 110 valence electrons. The van der Waals surface area contributed by atoms with Gasteiger partial charge >= 0.3 is 5.97 Å². The molecule has 6 heteroatoms. The summed E-state index contributed by atoms with van der Waals surface area (Å²) in [6.45, 7) is 0. The van der Waals surface area contributed by atoms with Crippen LogP contribution in [-0.2, 0) is 0 Å². The van der Waals surface area contributed by atoms with Gasteiger partial charge in [0, 0.05) is 28.2 Å². The molecule has 0 aliphatic rings. The highest BCUT2D eigenvalue weighted by atomic mass is 16.4. The Kier molecular flexibility index (Phi) is 3.27. The van der Waals surface area contributed by atoms with Crippen LogP contribution in [0.5, 0.6) is 5.88 Å². The molecule has 3 rings (SSSR count). The van der Waals surface area contributed by atoms with Crippen molar-refractivity contribution in [1.82, 2.24) is 4.98 Å². The fourth-order valence-corrected chi connectivity index (χ4v) is 2.16. The van der Waals surface area contributed by atoms with Gasteiger partial charge in [0.15, 0.2) is 5.88 Å². The molecule has 0 fully saturated rings.